The number of nitrogens with zero attached hydrogens (tertiary/aromatic N) is 5. The molecule has 0 radical (unpaired) electrons. The van der Waals surface area contributed by atoms with Crippen LogP contribution in [0.15, 0.2) is 29.8 Å². The van der Waals surface area contributed by atoms with Crippen LogP contribution in [0, 0.1) is 6.92 Å². The molecule has 0 bridgehead atoms. The second-order valence-corrected chi connectivity index (χ2v) is 5.53. The predicted octanol–water partition coefficient (Wildman–Crippen LogP) is 1.64. The van der Waals surface area contributed by atoms with E-state index in [0.717, 1.165) is 16.8 Å². The number of aromatic nitrogens is 5. The Kier molecular flexibility index (Phi) is 3.38. The summed E-state index contributed by atoms with van der Waals surface area (Å²) in [5.41, 5.74) is 3.29. The summed E-state index contributed by atoms with van der Waals surface area (Å²) in [6.07, 6.45) is 5.27. The first-order valence-corrected chi connectivity index (χ1v) is 7.22. The van der Waals surface area contributed by atoms with Gasteiger partial charge in [0.15, 0.2) is 10.8 Å². The van der Waals surface area contributed by atoms with Gasteiger partial charge in [-0.05, 0) is 18.6 Å². The Morgan fingerprint density at radius 2 is 2.29 bits per heavy atom. The van der Waals surface area contributed by atoms with Gasteiger partial charge in [-0.1, -0.05) is 11.8 Å². The van der Waals surface area contributed by atoms with Gasteiger partial charge in [0.25, 0.3) is 0 Å². The summed E-state index contributed by atoms with van der Waals surface area (Å²) in [5, 5.41) is 13.6. The fraction of sp³-hybridized carbons (Fsp3) is 0.231. The molecule has 3 heterocycles. The van der Waals surface area contributed by atoms with Crippen LogP contribution in [0.4, 0.5) is 0 Å². The SMILES string of the molecule is Cc1ccnc2c1nc(SCC(=O)O)n2-c1cnn(C)c1. The maximum Gasteiger partial charge on any atom is 0.313 e. The van der Waals surface area contributed by atoms with Crippen molar-refractivity contribution >= 4 is 28.9 Å². The first kappa shape index (κ1) is 13.6. The number of hydrogen-bond acceptors (Lipinski definition) is 5. The van der Waals surface area contributed by atoms with Gasteiger partial charge in [0.2, 0.25) is 0 Å². The second kappa shape index (κ2) is 5.21. The summed E-state index contributed by atoms with van der Waals surface area (Å²) in [7, 11) is 1.82. The maximum absolute atomic E-state index is 10.8. The van der Waals surface area contributed by atoms with Crippen LogP contribution in [0.5, 0.6) is 0 Å². The normalized spacial score (nSPS) is 11.1. The smallest absolute Gasteiger partial charge is 0.313 e. The van der Waals surface area contributed by atoms with E-state index in [1.54, 1.807) is 17.1 Å². The molecule has 0 aliphatic heterocycles. The second-order valence-electron chi connectivity index (χ2n) is 4.58. The van der Waals surface area contributed by atoms with E-state index in [2.05, 4.69) is 15.1 Å². The van der Waals surface area contributed by atoms with Crippen LogP contribution in [0.3, 0.4) is 0 Å². The largest absolute Gasteiger partial charge is 0.481 e. The van der Waals surface area contributed by atoms with E-state index in [1.807, 2.05) is 30.8 Å². The van der Waals surface area contributed by atoms with Crippen LogP contribution in [0.1, 0.15) is 5.56 Å². The van der Waals surface area contributed by atoms with E-state index in [4.69, 9.17) is 5.11 Å². The molecule has 0 aliphatic carbocycles. The Labute approximate surface area is 124 Å². The third kappa shape index (κ3) is 2.49. The summed E-state index contributed by atoms with van der Waals surface area (Å²) in [6, 6.07) is 1.88. The number of fused-ring (bicyclic) bond motifs is 1. The third-order valence-electron chi connectivity index (χ3n) is 2.99. The van der Waals surface area contributed by atoms with Crippen LogP contribution < -0.4 is 0 Å². The number of carbonyl (C=O) groups is 1. The first-order chi connectivity index (χ1) is 10.1. The number of rotatable bonds is 4. The highest BCUT2D eigenvalue weighted by Crippen LogP contribution is 2.27. The van der Waals surface area contributed by atoms with Gasteiger partial charge in [-0.2, -0.15) is 5.10 Å². The van der Waals surface area contributed by atoms with Crippen molar-refractivity contribution in [3.05, 3.63) is 30.2 Å². The van der Waals surface area contributed by atoms with Crippen molar-refractivity contribution in [1.29, 1.82) is 0 Å². The molecule has 0 saturated carbocycles. The van der Waals surface area contributed by atoms with Gasteiger partial charge < -0.3 is 5.11 Å². The molecule has 1 N–H and O–H groups in total. The highest BCUT2D eigenvalue weighted by molar-refractivity contribution is 7.99. The number of thioether (sulfide) groups is 1. The van der Waals surface area contributed by atoms with Crippen LogP contribution in [-0.4, -0.2) is 41.1 Å². The highest BCUT2D eigenvalue weighted by atomic mass is 32.2. The van der Waals surface area contributed by atoms with Gasteiger partial charge in [-0.15, -0.1) is 0 Å². The van der Waals surface area contributed by atoms with E-state index in [1.165, 1.54) is 11.8 Å². The van der Waals surface area contributed by atoms with Crippen LogP contribution >= 0.6 is 11.8 Å². The quantitative estimate of drug-likeness (QED) is 0.737. The summed E-state index contributed by atoms with van der Waals surface area (Å²) in [4.78, 5) is 19.7. The summed E-state index contributed by atoms with van der Waals surface area (Å²) >= 11 is 1.17. The standard InChI is InChI=1S/C13H13N5O2S/c1-8-3-4-14-12-11(8)16-13(21-7-10(19)20)18(12)9-5-15-17(2)6-9/h3-6H,7H2,1-2H3,(H,19,20). The lowest BCUT2D eigenvalue weighted by Gasteiger charge is -2.04. The van der Waals surface area contributed by atoms with Gasteiger partial charge in [0.05, 0.1) is 17.6 Å². The minimum atomic E-state index is -0.880. The number of imidazole rings is 1. The molecule has 0 fully saturated rings. The van der Waals surface area contributed by atoms with E-state index < -0.39 is 5.97 Å². The average Bonchev–Trinajstić information content (AvgIpc) is 3.00. The molecule has 0 atom stereocenters. The number of carboxylic acids is 1. The first-order valence-electron chi connectivity index (χ1n) is 6.24. The highest BCUT2D eigenvalue weighted by Gasteiger charge is 2.17. The summed E-state index contributed by atoms with van der Waals surface area (Å²) in [6.45, 7) is 1.95. The van der Waals surface area contributed by atoms with E-state index in [0.29, 0.717) is 10.8 Å². The molecule has 7 nitrogen and oxygen atoms in total. The van der Waals surface area contributed by atoms with Crippen LogP contribution in [0.2, 0.25) is 0 Å². The zero-order chi connectivity index (χ0) is 15.0. The number of pyridine rings is 1. The average molecular weight is 303 g/mol. The molecule has 3 aromatic heterocycles. The van der Waals surface area contributed by atoms with Gasteiger partial charge in [-0.25, -0.2) is 9.97 Å². The summed E-state index contributed by atoms with van der Waals surface area (Å²) < 4.78 is 3.52. The zero-order valence-electron chi connectivity index (χ0n) is 11.5. The number of aryl methyl sites for hydroxylation is 2. The maximum atomic E-state index is 10.8. The molecular formula is C13H13N5O2S. The number of hydrogen-bond donors (Lipinski definition) is 1. The van der Waals surface area contributed by atoms with Gasteiger partial charge in [0, 0.05) is 19.4 Å². The minimum Gasteiger partial charge on any atom is -0.481 e. The molecule has 3 rings (SSSR count). The van der Waals surface area contributed by atoms with Crippen molar-refractivity contribution in [2.24, 2.45) is 7.05 Å². The predicted molar refractivity (Wildman–Crippen MR) is 78.7 cm³/mol. The van der Waals surface area contributed by atoms with Crippen molar-refractivity contribution in [3.63, 3.8) is 0 Å². The minimum absolute atomic E-state index is 0.0529. The van der Waals surface area contributed by atoms with E-state index in [9.17, 15) is 4.79 Å². The van der Waals surface area contributed by atoms with Crippen LogP contribution in [0.25, 0.3) is 16.9 Å². The number of aliphatic carboxylic acids is 1. The van der Waals surface area contributed by atoms with E-state index in [-0.39, 0.29) is 5.75 Å². The molecule has 108 valence electrons. The zero-order valence-corrected chi connectivity index (χ0v) is 12.3. The molecular weight excluding hydrogens is 290 g/mol. The van der Waals surface area contributed by atoms with Crippen molar-refractivity contribution < 1.29 is 9.90 Å². The summed E-state index contributed by atoms with van der Waals surface area (Å²) in [5.74, 6) is -0.933. The van der Waals surface area contributed by atoms with Gasteiger partial charge in [0.1, 0.15) is 5.52 Å². The topological polar surface area (TPSA) is 85.8 Å². The Balaban J connectivity index is 2.20. The third-order valence-corrected chi connectivity index (χ3v) is 3.91. The molecule has 0 unspecified atom stereocenters. The van der Waals surface area contributed by atoms with Crippen molar-refractivity contribution in [2.75, 3.05) is 5.75 Å². The fourth-order valence-electron chi connectivity index (χ4n) is 2.05. The molecule has 3 aromatic rings. The lowest BCUT2D eigenvalue weighted by atomic mass is 10.3. The van der Waals surface area contributed by atoms with Crippen LogP contribution in [-0.2, 0) is 11.8 Å². The Morgan fingerprint density at radius 1 is 1.48 bits per heavy atom. The molecule has 0 amide bonds. The molecule has 0 aliphatic rings. The van der Waals surface area contributed by atoms with Gasteiger partial charge >= 0.3 is 5.97 Å². The Bertz CT molecular complexity index is 823. The molecule has 8 heteroatoms. The molecule has 0 saturated heterocycles. The molecule has 0 aromatic carbocycles. The van der Waals surface area contributed by atoms with Gasteiger partial charge in [-0.3, -0.25) is 14.0 Å². The molecule has 21 heavy (non-hydrogen) atoms. The van der Waals surface area contributed by atoms with E-state index >= 15 is 0 Å². The Hall–Kier alpha value is -2.35. The monoisotopic (exact) mass is 303 g/mol. The van der Waals surface area contributed by atoms with Crippen molar-refractivity contribution in [2.45, 2.75) is 12.1 Å². The lowest BCUT2D eigenvalue weighted by Crippen LogP contribution is -2.01. The van der Waals surface area contributed by atoms with Crippen molar-refractivity contribution in [3.8, 4) is 5.69 Å². The Morgan fingerprint density at radius 3 is 2.95 bits per heavy atom. The molecule has 0 spiro atoms. The lowest BCUT2D eigenvalue weighted by molar-refractivity contribution is -0.133. The number of carboxylic acid groups (broad SMARTS) is 1. The van der Waals surface area contributed by atoms with Crippen molar-refractivity contribution in [1.82, 2.24) is 24.3 Å². The fourth-order valence-corrected chi connectivity index (χ4v) is 2.78.